The van der Waals surface area contributed by atoms with E-state index < -0.39 is 5.97 Å². The topological polar surface area (TPSA) is 112 Å². The normalized spacial score (nSPS) is 10.3. The highest BCUT2D eigenvalue weighted by Crippen LogP contribution is 2.31. The molecule has 0 saturated carbocycles. The Labute approximate surface area is 190 Å². The van der Waals surface area contributed by atoms with Crippen LogP contribution in [0.3, 0.4) is 0 Å². The third-order valence-electron chi connectivity index (χ3n) is 4.70. The first-order valence-corrected chi connectivity index (χ1v) is 10.1. The Morgan fingerprint density at radius 2 is 1.97 bits per heavy atom. The number of carboxylic acids is 1. The number of ether oxygens (including phenoxy) is 1. The zero-order chi connectivity index (χ0) is 23.1. The maximum atomic E-state index is 12.8. The van der Waals surface area contributed by atoms with E-state index in [1.807, 2.05) is 13.0 Å². The van der Waals surface area contributed by atoms with Gasteiger partial charge in [-0.1, -0.05) is 23.7 Å². The SMILES string of the molecule is Cc1cc(C#N)ncc1-c1cc(C(=O)CNc2ccccc2OCCC(=O)O)ccc1Cl. The molecule has 0 fully saturated rings. The van der Waals surface area contributed by atoms with E-state index in [1.165, 1.54) is 0 Å². The number of rotatable bonds is 9. The average Bonchev–Trinajstić information content (AvgIpc) is 2.78. The number of nitrogens with zero attached hydrogens (tertiary/aromatic N) is 2. The molecular formula is C24H20ClN3O4. The smallest absolute Gasteiger partial charge is 0.306 e. The van der Waals surface area contributed by atoms with Gasteiger partial charge in [-0.3, -0.25) is 9.59 Å². The third-order valence-corrected chi connectivity index (χ3v) is 5.03. The number of pyridine rings is 1. The van der Waals surface area contributed by atoms with E-state index in [2.05, 4.69) is 10.3 Å². The van der Waals surface area contributed by atoms with E-state index in [0.717, 1.165) is 11.1 Å². The third kappa shape index (κ3) is 5.62. The summed E-state index contributed by atoms with van der Waals surface area (Å²) in [7, 11) is 0. The molecule has 0 saturated heterocycles. The Kier molecular flexibility index (Phi) is 7.42. The van der Waals surface area contributed by atoms with E-state index in [1.54, 1.807) is 54.7 Å². The molecule has 2 aromatic carbocycles. The van der Waals surface area contributed by atoms with Crippen molar-refractivity contribution >= 4 is 29.0 Å². The van der Waals surface area contributed by atoms with Crippen LogP contribution in [0, 0.1) is 18.3 Å². The van der Waals surface area contributed by atoms with Crippen molar-refractivity contribution in [3.8, 4) is 22.9 Å². The summed E-state index contributed by atoms with van der Waals surface area (Å²) >= 11 is 6.37. The molecule has 3 aromatic rings. The highest BCUT2D eigenvalue weighted by molar-refractivity contribution is 6.33. The van der Waals surface area contributed by atoms with Gasteiger partial charge in [0.2, 0.25) is 0 Å². The number of hydrogen-bond acceptors (Lipinski definition) is 6. The summed E-state index contributed by atoms with van der Waals surface area (Å²) in [5.74, 6) is -0.642. The largest absolute Gasteiger partial charge is 0.491 e. The number of Topliss-reactive ketones (excluding diaryl/α,β-unsaturated/α-hetero) is 1. The number of carbonyl (C=O) groups is 2. The van der Waals surface area contributed by atoms with E-state index >= 15 is 0 Å². The Bertz CT molecular complexity index is 1200. The maximum absolute atomic E-state index is 12.8. The highest BCUT2D eigenvalue weighted by Gasteiger charge is 2.14. The summed E-state index contributed by atoms with van der Waals surface area (Å²) in [6.45, 7) is 1.89. The van der Waals surface area contributed by atoms with Crippen LogP contribution in [-0.4, -0.2) is 35.0 Å². The van der Waals surface area contributed by atoms with Gasteiger partial charge in [-0.25, -0.2) is 4.98 Å². The molecule has 1 heterocycles. The first-order valence-electron chi connectivity index (χ1n) is 9.76. The molecule has 0 amide bonds. The second-order valence-corrected chi connectivity index (χ2v) is 7.36. The fraction of sp³-hybridized carbons (Fsp3) is 0.167. The number of carboxylic acid groups (broad SMARTS) is 1. The fourth-order valence-electron chi connectivity index (χ4n) is 3.07. The van der Waals surface area contributed by atoms with Crippen molar-refractivity contribution in [1.29, 1.82) is 5.26 Å². The number of hydrogen-bond donors (Lipinski definition) is 2. The summed E-state index contributed by atoms with van der Waals surface area (Å²) in [4.78, 5) is 27.6. The minimum atomic E-state index is -0.947. The van der Waals surface area contributed by atoms with E-state index in [-0.39, 0.29) is 25.4 Å². The number of halogens is 1. The van der Waals surface area contributed by atoms with Crippen LogP contribution in [0.4, 0.5) is 5.69 Å². The van der Waals surface area contributed by atoms with Crippen LogP contribution >= 0.6 is 11.6 Å². The van der Waals surface area contributed by atoms with Gasteiger partial charge in [0, 0.05) is 27.9 Å². The van der Waals surface area contributed by atoms with Crippen LogP contribution in [0.1, 0.15) is 28.0 Å². The molecule has 8 heteroatoms. The van der Waals surface area contributed by atoms with Crippen molar-refractivity contribution in [2.45, 2.75) is 13.3 Å². The molecular weight excluding hydrogens is 430 g/mol. The second-order valence-electron chi connectivity index (χ2n) is 6.96. The number of carbonyl (C=O) groups excluding carboxylic acids is 1. The van der Waals surface area contributed by atoms with Crippen molar-refractivity contribution < 1.29 is 19.4 Å². The summed E-state index contributed by atoms with van der Waals surface area (Å²) < 4.78 is 5.51. The van der Waals surface area contributed by atoms with Gasteiger partial charge in [-0.15, -0.1) is 0 Å². The van der Waals surface area contributed by atoms with Gasteiger partial charge in [0.25, 0.3) is 0 Å². The minimum Gasteiger partial charge on any atom is -0.491 e. The van der Waals surface area contributed by atoms with Crippen LogP contribution in [0.2, 0.25) is 5.02 Å². The maximum Gasteiger partial charge on any atom is 0.306 e. The number of aryl methyl sites for hydroxylation is 1. The van der Waals surface area contributed by atoms with E-state index in [0.29, 0.717) is 33.3 Å². The van der Waals surface area contributed by atoms with E-state index in [4.69, 9.17) is 26.7 Å². The lowest BCUT2D eigenvalue weighted by atomic mass is 9.98. The molecule has 3 rings (SSSR count). The number of aliphatic carboxylic acids is 1. The van der Waals surface area contributed by atoms with Gasteiger partial charge in [-0.05, 0) is 48.9 Å². The van der Waals surface area contributed by atoms with Crippen LogP contribution < -0.4 is 10.1 Å². The van der Waals surface area contributed by atoms with Crippen molar-refractivity contribution in [2.75, 3.05) is 18.5 Å². The Balaban J connectivity index is 1.75. The predicted octanol–water partition coefficient (Wildman–Crippen LogP) is 4.73. The van der Waals surface area contributed by atoms with Gasteiger partial charge in [0.05, 0.1) is 25.3 Å². The molecule has 1 aromatic heterocycles. The Morgan fingerprint density at radius 1 is 1.19 bits per heavy atom. The molecule has 0 bridgehead atoms. The second kappa shape index (κ2) is 10.4. The van der Waals surface area contributed by atoms with Crippen LogP contribution in [0.5, 0.6) is 5.75 Å². The quantitative estimate of drug-likeness (QED) is 0.454. The highest BCUT2D eigenvalue weighted by atomic mass is 35.5. The standard InChI is InChI=1S/C24H20ClN3O4/c1-15-10-17(12-26)27-13-19(15)18-11-16(6-7-20(18)25)22(29)14-28-21-4-2-3-5-23(21)32-9-8-24(30)31/h2-7,10-11,13,28H,8-9,14H2,1H3,(H,30,31). The summed E-state index contributed by atoms with van der Waals surface area (Å²) in [6.07, 6.45) is 1.46. The molecule has 32 heavy (non-hydrogen) atoms. The lowest BCUT2D eigenvalue weighted by Crippen LogP contribution is -2.15. The number of aromatic nitrogens is 1. The molecule has 0 radical (unpaired) electrons. The van der Waals surface area contributed by atoms with Crippen molar-refractivity contribution in [3.05, 3.63) is 76.6 Å². The monoisotopic (exact) mass is 449 g/mol. The number of anilines is 1. The van der Waals surface area contributed by atoms with Gasteiger partial charge < -0.3 is 15.2 Å². The molecule has 0 aliphatic heterocycles. The first kappa shape index (κ1) is 22.8. The van der Waals surface area contributed by atoms with Crippen LogP contribution in [-0.2, 0) is 4.79 Å². The molecule has 2 N–H and O–H groups in total. The van der Waals surface area contributed by atoms with Gasteiger partial charge in [0.15, 0.2) is 5.78 Å². The number of para-hydroxylation sites is 2. The number of benzene rings is 2. The molecule has 0 atom stereocenters. The number of nitriles is 1. The minimum absolute atomic E-state index is 0.00494. The lowest BCUT2D eigenvalue weighted by molar-refractivity contribution is -0.137. The van der Waals surface area contributed by atoms with Gasteiger partial charge in [-0.2, -0.15) is 5.26 Å². The summed E-state index contributed by atoms with van der Waals surface area (Å²) in [5.41, 5.74) is 3.59. The van der Waals surface area contributed by atoms with Gasteiger partial charge >= 0.3 is 5.97 Å². The number of nitrogens with one attached hydrogen (secondary N) is 1. The van der Waals surface area contributed by atoms with Crippen molar-refractivity contribution in [2.24, 2.45) is 0 Å². The van der Waals surface area contributed by atoms with Gasteiger partial charge in [0.1, 0.15) is 17.5 Å². The van der Waals surface area contributed by atoms with Crippen LogP contribution in [0.15, 0.2) is 54.7 Å². The summed E-state index contributed by atoms with van der Waals surface area (Å²) in [5, 5.41) is 21.3. The first-order chi connectivity index (χ1) is 15.4. The predicted molar refractivity (Wildman–Crippen MR) is 121 cm³/mol. The fourth-order valence-corrected chi connectivity index (χ4v) is 3.29. The zero-order valence-electron chi connectivity index (χ0n) is 17.3. The molecule has 0 unspecified atom stereocenters. The Morgan fingerprint density at radius 3 is 2.69 bits per heavy atom. The summed E-state index contributed by atoms with van der Waals surface area (Å²) in [6, 6.07) is 15.7. The molecule has 7 nitrogen and oxygen atoms in total. The van der Waals surface area contributed by atoms with E-state index in [9.17, 15) is 9.59 Å². The molecule has 0 aliphatic carbocycles. The molecule has 0 aliphatic rings. The van der Waals surface area contributed by atoms with Crippen molar-refractivity contribution in [1.82, 2.24) is 4.98 Å². The van der Waals surface area contributed by atoms with Crippen LogP contribution in [0.25, 0.3) is 11.1 Å². The number of ketones is 1. The Hall–Kier alpha value is -3.89. The lowest BCUT2D eigenvalue weighted by Gasteiger charge is -2.13. The molecule has 162 valence electrons. The average molecular weight is 450 g/mol. The zero-order valence-corrected chi connectivity index (χ0v) is 18.0. The van der Waals surface area contributed by atoms with Crippen molar-refractivity contribution in [3.63, 3.8) is 0 Å². The molecule has 0 spiro atoms.